The molecule has 0 aliphatic carbocycles. The number of hydrogen-bond acceptors (Lipinski definition) is 9. The molecule has 0 aliphatic rings. The summed E-state index contributed by atoms with van der Waals surface area (Å²) in [4.78, 5) is 54.1. The number of thioether (sulfide) groups is 2. The molecule has 0 spiro atoms. The number of hydrogen-bond donors (Lipinski definition) is 4. The lowest BCUT2D eigenvalue weighted by Crippen LogP contribution is -2.34. The van der Waals surface area contributed by atoms with Crippen LogP contribution in [-0.4, -0.2) is 53.7 Å². The van der Waals surface area contributed by atoms with Gasteiger partial charge in [-0.3, -0.25) is 19.2 Å². The second kappa shape index (κ2) is 17.4. The van der Waals surface area contributed by atoms with E-state index < -0.39 is 13.0 Å². The molecule has 0 unspecified atom stereocenters. The van der Waals surface area contributed by atoms with Gasteiger partial charge in [-0.15, -0.1) is 23.5 Å². The SMILES string of the molecule is CB(O)Nc1ccc(CNC(=O)Cn2c(C)cc(SC(C)C)c(C)c2=O)c(C)n1.Cc1c(SC(C)C)cc(C)n(CC(=O)O)c1=O. The highest BCUT2D eigenvalue weighted by molar-refractivity contribution is 8.00. The molecular formula is C32H46BN5O6S2. The predicted molar refractivity (Wildman–Crippen MR) is 188 cm³/mol. The maximum atomic E-state index is 12.7. The van der Waals surface area contributed by atoms with Crippen LogP contribution in [0.5, 0.6) is 0 Å². The molecule has 11 nitrogen and oxygen atoms in total. The number of aliphatic carboxylic acids is 1. The molecule has 0 radical (unpaired) electrons. The lowest BCUT2D eigenvalue weighted by molar-refractivity contribution is -0.137. The third kappa shape index (κ3) is 11.4. The van der Waals surface area contributed by atoms with Crippen molar-refractivity contribution in [2.75, 3.05) is 5.23 Å². The Morgan fingerprint density at radius 3 is 1.76 bits per heavy atom. The van der Waals surface area contributed by atoms with Crippen LogP contribution < -0.4 is 21.7 Å². The third-order valence-corrected chi connectivity index (χ3v) is 9.05. The number of nitrogens with zero attached hydrogens (tertiary/aromatic N) is 3. The molecule has 3 heterocycles. The van der Waals surface area contributed by atoms with E-state index in [-0.39, 0.29) is 30.1 Å². The second-order valence-electron chi connectivity index (χ2n) is 11.6. The van der Waals surface area contributed by atoms with Gasteiger partial charge in [0.05, 0.1) is 0 Å². The molecule has 0 atom stereocenters. The second-order valence-corrected chi connectivity index (χ2v) is 14.8. The van der Waals surface area contributed by atoms with Gasteiger partial charge in [-0.05, 0) is 65.2 Å². The van der Waals surface area contributed by atoms with E-state index in [1.165, 1.54) is 9.13 Å². The summed E-state index contributed by atoms with van der Waals surface area (Å²) in [5, 5.41) is 24.6. The number of carboxylic acids is 1. The first kappa shape index (κ1) is 38.7. The average Bonchev–Trinajstić information content (AvgIpc) is 2.94. The van der Waals surface area contributed by atoms with E-state index >= 15 is 0 Å². The van der Waals surface area contributed by atoms with Gasteiger partial charge in [0.1, 0.15) is 18.9 Å². The lowest BCUT2D eigenvalue weighted by Gasteiger charge is -2.15. The molecule has 0 fully saturated rings. The Labute approximate surface area is 279 Å². The number of nitrogens with one attached hydrogen (secondary N) is 2. The van der Waals surface area contributed by atoms with E-state index in [0.29, 0.717) is 39.7 Å². The Morgan fingerprint density at radius 2 is 1.35 bits per heavy atom. The van der Waals surface area contributed by atoms with Gasteiger partial charge in [-0.25, -0.2) is 4.98 Å². The number of amides is 1. The van der Waals surface area contributed by atoms with Gasteiger partial charge in [0.2, 0.25) is 5.91 Å². The number of carbonyl (C=O) groups is 2. The van der Waals surface area contributed by atoms with Gasteiger partial charge in [0.15, 0.2) is 0 Å². The zero-order chi connectivity index (χ0) is 34.9. The molecule has 0 saturated carbocycles. The van der Waals surface area contributed by atoms with Crippen molar-refractivity contribution >= 4 is 48.3 Å². The van der Waals surface area contributed by atoms with Crippen LogP contribution in [0.1, 0.15) is 61.5 Å². The smallest absolute Gasteiger partial charge is 0.408 e. The molecule has 250 valence electrons. The molecular weight excluding hydrogens is 625 g/mol. The van der Waals surface area contributed by atoms with Crippen molar-refractivity contribution < 1.29 is 19.7 Å². The Kier molecular flexibility index (Phi) is 14.7. The number of carbonyl (C=O) groups excluding carboxylic acids is 1. The monoisotopic (exact) mass is 671 g/mol. The minimum atomic E-state index is -1.00. The Hall–Kier alpha value is -3.49. The van der Waals surface area contributed by atoms with Crippen LogP contribution in [0.25, 0.3) is 0 Å². The van der Waals surface area contributed by atoms with Crippen molar-refractivity contribution in [3.05, 3.63) is 78.7 Å². The largest absolute Gasteiger partial charge is 0.480 e. The molecule has 1 amide bonds. The number of anilines is 1. The van der Waals surface area contributed by atoms with Crippen LogP contribution >= 0.6 is 23.5 Å². The third-order valence-electron chi connectivity index (χ3n) is 6.75. The summed E-state index contributed by atoms with van der Waals surface area (Å²) in [7, 11) is -0.692. The van der Waals surface area contributed by atoms with E-state index in [0.717, 1.165) is 26.7 Å². The number of carboxylic acid groups (broad SMARTS) is 1. The maximum absolute atomic E-state index is 12.7. The van der Waals surface area contributed by atoms with E-state index in [1.54, 1.807) is 57.2 Å². The fraction of sp³-hybridized carbons (Fsp3) is 0.469. The average molecular weight is 672 g/mol. The van der Waals surface area contributed by atoms with Gasteiger partial charge < -0.3 is 29.8 Å². The minimum absolute atomic E-state index is 0.0216. The summed E-state index contributed by atoms with van der Waals surface area (Å²) >= 11 is 3.27. The van der Waals surface area contributed by atoms with Crippen LogP contribution in [0, 0.1) is 34.6 Å². The first-order valence-electron chi connectivity index (χ1n) is 15.1. The van der Waals surface area contributed by atoms with E-state index in [2.05, 4.69) is 43.2 Å². The molecule has 0 aromatic carbocycles. The van der Waals surface area contributed by atoms with Crippen LogP contribution in [0.4, 0.5) is 5.82 Å². The van der Waals surface area contributed by atoms with Gasteiger partial charge in [-0.2, -0.15) is 0 Å². The first-order valence-corrected chi connectivity index (χ1v) is 16.8. The molecule has 3 aromatic heterocycles. The highest BCUT2D eigenvalue weighted by Gasteiger charge is 2.15. The molecule has 0 saturated heterocycles. The number of pyridine rings is 3. The van der Waals surface area contributed by atoms with Crippen molar-refractivity contribution in [3.63, 3.8) is 0 Å². The van der Waals surface area contributed by atoms with Crippen molar-refractivity contribution in [3.8, 4) is 0 Å². The van der Waals surface area contributed by atoms with Gasteiger partial charge in [0.25, 0.3) is 11.1 Å². The summed E-state index contributed by atoms with van der Waals surface area (Å²) in [6.07, 6.45) is 0. The van der Waals surface area contributed by atoms with E-state index in [9.17, 15) is 24.2 Å². The van der Waals surface area contributed by atoms with Crippen molar-refractivity contribution in [1.29, 1.82) is 0 Å². The molecule has 3 aromatic rings. The minimum Gasteiger partial charge on any atom is -0.480 e. The summed E-state index contributed by atoms with van der Waals surface area (Å²) in [5.41, 5.74) is 4.04. The standard InChI is InChI=1S/C20H29BN4O3S.C12H17NO3S/c1-12(2)29-17-9-13(3)25(20(27)14(17)4)11-19(26)22-10-16-7-8-18(23-15(16)5)24-21(6)28;1-7(2)17-10-5-8(3)13(6-11(14)15)12(16)9(10)4/h7-9,12,28H,10-11H2,1-6H3,(H,22,26)(H,23,24);5,7H,6H2,1-4H3,(H,14,15). The van der Waals surface area contributed by atoms with E-state index in [1.807, 2.05) is 32.0 Å². The van der Waals surface area contributed by atoms with Crippen molar-refractivity contribution in [2.45, 2.75) is 109 Å². The first-order chi connectivity index (χ1) is 21.4. The predicted octanol–water partition coefficient (Wildman–Crippen LogP) is 4.56. The summed E-state index contributed by atoms with van der Waals surface area (Å²) in [5.74, 6) is -0.659. The highest BCUT2D eigenvalue weighted by atomic mass is 32.2. The molecule has 14 heteroatoms. The Bertz CT molecular complexity index is 1670. The topological polar surface area (TPSA) is 156 Å². The summed E-state index contributed by atoms with van der Waals surface area (Å²) in [6, 6.07) is 7.46. The normalized spacial score (nSPS) is 10.9. The molecule has 0 bridgehead atoms. The zero-order valence-corrected chi connectivity index (χ0v) is 30.0. The van der Waals surface area contributed by atoms with Crippen LogP contribution in [0.2, 0.25) is 6.82 Å². The maximum Gasteiger partial charge on any atom is 0.408 e. The Balaban J connectivity index is 0.000000368. The molecule has 0 aliphatic heterocycles. The number of rotatable bonds is 12. The number of aromatic nitrogens is 3. The molecule has 4 N–H and O–H groups in total. The summed E-state index contributed by atoms with van der Waals surface area (Å²) < 4.78 is 2.80. The fourth-order valence-electron chi connectivity index (χ4n) is 4.43. The van der Waals surface area contributed by atoms with Crippen LogP contribution in [0.15, 0.2) is 43.6 Å². The van der Waals surface area contributed by atoms with Crippen molar-refractivity contribution in [1.82, 2.24) is 19.4 Å². The lowest BCUT2D eigenvalue weighted by atomic mass is 9.89. The summed E-state index contributed by atoms with van der Waals surface area (Å²) in [6.45, 7) is 18.9. The van der Waals surface area contributed by atoms with Crippen molar-refractivity contribution in [2.24, 2.45) is 0 Å². The van der Waals surface area contributed by atoms with E-state index in [4.69, 9.17) is 5.11 Å². The molecule has 3 rings (SSSR count). The van der Waals surface area contributed by atoms with Gasteiger partial charge in [-0.1, -0.05) is 33.8 Å². The van der Waals surface area contributed by atoms with Crippen LogP contribution in [-0.2, 0) is 29.2 Å². The van der Waals surface area contributed by atoms with Gasteiger partial charge in [0, 0.05) is 55.0 Å². The Morgan fingerprint density at radius 1 is 0.870 bits per heavy atom. The highest BCUT2D eigenvalue weighted by Crippen LogP contribution is 2.26. The fourth-order valence-corrected chi connectivity index (χ4v) is 6.45. The number of aryl methyl sites for hydroxylation is 3. The van der Waals surface area contributed by atoms with Gasteiger partial charge >= 0.3 is 13.0 Å². The quantitative estimate of drug-likeness (QED) is 0.159. The molecule has 46 heavy (non-hydrogen) atoms. The zero-order valence-electron chi connectivity index (χ0n) is 28.3. The van der Waals surface area contributed by atoms with Crippen LogP contribution in [0.3, 0.4) is 0 Å².